The van der Waals surface area contributed by atoms with Crippen molar-refractivity contribution in [1.82, 2.24) is 0 Å². The van der Waals surface area contributed by atoms with Crippen LogP contribution in [0.25, 0.3) is 0 Å². The first-order valence-corrected chi connectivity index (χ1v) is 6.37. The van der Waals surface area contributed by atoms with Crippen LogP contribution in [-0.2, 0) is 6.42 Å². The number of hydrogen-bond donors (Lipinski definition) is 1. The van der Waals surface area contributed by atoms with E-state index in [1.54, 1.807) is 0 Å². The molecule has 0 aliphatic heterocycles. The molecule has 0 aromatic carbocycles. The number of nitrogens with two attached hydrogens (primary N) is 1. The van der Waals surface area contributed by atoms with Crippen LogP contribution in [-0.4, -0.2) is 6.54 Å². The highest BCUT2D eigenvalue weighted by molar-refractivity contribution is 9.10. The van der Waals surface area contributed by atoms with Gasteiger partial charge in [-0.15, -0.1) is 11.3 Å². The molecule has 1 atom stereocenters. The monoisotopic (exact) mass is 261 g/mol. The first-order chi connectivity index (χ1) is 6.27. The molecule has 1 nitrogen and oxygen atoms in total. The molecule has 0 spiro atoms. The minimum absolute atomic E-state index is 0.653. The Hall–Kier alpha value is 0.140. The van der Waals surface area contributed by atoms with Gasteiger partial charge in [-0.25, -0.2) is 0 Å². The molecule has 2 N–H and O–H groups in total. The zero-order valence-corrected chi connectivity index (χ0v) is 10.3. The van der Waals surface area contributed by atoms with Crippen LogP contribution in [0.5, 0.6) is 0 Å². The highest BCUT2D eigenvalue weighted by Gasteiger charge is 2.09. The summed E-state index contributed by atoms with van der Waals surface area (Å²) in [7, 11) is 0. The summed E-state index contributed by atoms with van der Waals surface area (Å²) in [6.45, 7) is 3.02. The average Bonchev–Trinajstić information content (AvgIpc) is 2.51. The van der Waals surface area contributed by atoms with Crippen LogP contribution in [0.3, 0.4) is 0 Å². The third-order valence-electron chi connectivity index (χ3n) is 2.20. The van der Waals surface area contributed by atoms with Gasteiger partial charge in [-0.1, -0.05) is 13.3 Å². The van der Waals surface area contributed by atoms with E-state index in [9.17, 15) is 0 Å². The fourth-order valence-electron chi connectivity index (χ4n) is 1.44. The quantitative estimate of drug-likeness (QED) is 0.864. The largest absolute Gasteiger partial charge is 0.330 e. The lowest BCUT2D eigenvalue weighted by Gasteiger charge is -2.12. The van der Waals surface area contributed by atoms with Crippen molar-refractivity contribution < 1.29 is 0 Å². The molecule has 0 aliphatic rings. The Bertz CT molecular complexity index is 247. The van der Waals surface area contributed by atoms with Crippen LogP contribution in [0.1, 0.15) is 24.6 Å². The summed E-state index contributed by atoms with van der Waals surface area (Å²) in [5.41, 5.74) is 5.71. The highest BCUT2D eigenvalue weighted by atomic mass is 79.9. The summed E-state index contributed by atoms with van der Waals surface area (Å²) in [5.74, 6) is 0.653. The van der Waals surface area contributed by atoms with E-state index in [1.165, 1.54) is 22.2 Å². The van der Waals surface area contributed by atoms with Gasteiger partial charge in [0.2, 0.25) is 0 Å². The van der Waals surface area contributed by atoms with Crippen LogP contribution in [0.4, 0.5) is 0 Å². The number of rotatable bonds is 5. The smallest absolute Gasteiger partial charge is 0.0314 e. The Morgan fingerprint density at radius 3 is 2.85 bits per heavy atom. The third kappa shape index (κ3) is 3.41. The molecule has 1 rings (SSSR count). The molecule has 1 aromatic heterocycles. The van der Waals surface area contributed by atoms with Gasteiger partial charge in [-0.2, -0.15) is 0 Å². The SMILES string of the molecule is CCCC(CN)Cc1sccc1Br. The second-order valence-electron chi connectivity index (χ2n) is 3.29. The van der Waals surface area contributed by atoms with Crippen molar-refractivity contribution in [2.75, 3.05) is 6.54 Å². The van der Waals surface area contributed by atoms with E-state index in [4.69, 9.17) is 5.73 Å². The highest BCUT2D eigenvalue weighted by Crippen LogP contribution is 2.26. The molecule has 0 saturated heterocycles. The van der Waals surface area contributed by atoms with E-state index in [0.29, 0.717) is 5.92 Å². The standard InChI is InChI=1S/C10H16BrNS/c1-2-3-8(7-12)6-10-9(11)4-5-13-10/h4-5,8H,2-3,6-7,12H2,1H3. The van der Waals surface area contributed by atoms with Crippen molar-refractivity contribution in [1.29, 1.82) is 0 Å². The van der Waals surface area contributed by atoms with Gasteiger partial charge in [-0.3, -0.25) is 0 Å². The summed E-state index contributed by atoms with van der Waals surface area (Å²) in [6, 6.07) is 2.11. The topological polar surface area (TPSA) is 26.0 Å². The van der Waals surface area contributed by atoms with Crippen LogP contribution in [0, 0.1) is 5.92 Å². The van der Waals surface area contributed by atoms with E-state index in [-0.39, 0.29) is 0 Å². The summed E-state index contributed by atoms with van der Waals surface area (Å²) in [4.78, 5) is 1.43. The maximum Gasteiger partial charge on any atom is 0.0314 e. The van der Waals surface area contributed by atoms with Crippen LogP contribution < -0.4 is 5.73 Å². The Labute approximate surface area is 92.5 Å². The summed E-state index contributed by atoms with van der Waals surface area (Å²) in [6.07, 6.45) is 3.59. The van der Waals surface area contributed by atoms with Gasteiger partial charge < -0.3 is 5.73 Å². The summed E-state index contributed by atoms with van der Waals surface area (Å²) in [5, 5.41) is 2.12. The molecule has 0 aliphatic carbocycles. The zero-order chi connectivity index (χ0) is 9.68. The molecule has 13 heavy (non-hydrogen) atoms. The summed E-state index contributed by atoms with van der Waals surface area (Å²) >= 11 is 5.36. The van der Waals surface area contributed by atoms with Crippen molar-refractivity contribution in [2.45, 2.75) is 26.2 Å². The first-order valence-electron chi connectivity index (χ1n) is 4.69. The normalized spacial score (nSPS) is 13.2. The number of halogens is 1. The molecule has 1 aromatic rings. The fraction of sp³-hybridized carbons (Fsp3) is 0.600. The van der Waals surface area contributed by atoms with Crippen LogP contribution in [0.15, 0.2) is 15.9 Å². The second kappa shape index (κ2) is 5.78. The molecule has 0 radical (unpaired) electrons. The first kappa shape index (κ1) is 11.2. The average molecular weight is 262 g/mol. The lowest BCUT2D eigenvalue weighted by Crippen LogP contribution is -2.16. The fourth-order valence-corrected chi connectivity index (χ4v) is 3.07. The Balaban J connectivity index is 2.51. The van der Waals surface area contributed by atoms with Crippen LogP contribution >= 0.6 is 27.3 Å². The van der Waals surface area contributed by atoms with Crippen LogP contribution in [0.2, 0.25) is 0 Å². The van der Waals surface area contributed by atoms with Crippen molar-refractivity contribution in [2.24, 2.45) is 11.7 Å². The predicted octanol–water partition coefficient (Wildman–Crippen LogP) is 3.43. The molecule has 1 heterocycles. The molecular weight excluding hydrogens is 246 g/mol. The second-order valence-corrected chi connectivity index (χ2v) is 5.14. The van der Waals surface area contributed by atoms with E-state index in [2.05, 4.69) is 34.3 Å². The minimum Gasteiger partial charge on any atom is -0.330 e. The van der Waals surface area contributed by atoms with Crippen molar-refractivity contribution >= 4 is 27.3 Å². The molecule has 74 valence electrons. The molecule has 0 bridgehead atoms. The van der Waals surface area contributed by atoms with Gasteiger partial charge in [0.15, 0.2) is 0 Å². The van der Waals surface area contributed by atoms with Gasteiger partial charge in [0.1, 0.15) is 0 Å². The summed E-state index contributed by atoms with van der Waals surface area (Å²) < 4.78 is 1.24. The van der Waals surface area contributed by atoms with E-state index >= 15 is 0 Å². The molecular formula is C10H16BrNS. The van der Waals surface area contributed by atoms with E-state index in [0.717, 1.165) is 13.0 Å². The maximum absolute atomic E-state index is 5.71. The Kier molecular flexibility index (Phi) is 4.99. The predicted molar refractivity (Wildman–Crippen MR) is 63.2 cm³/mol. The minimum atomic E-state index is 0.653. The van der Waals surface area contributed by atoms with Crippen molar-refractivity contribution in [3.63, 3.8) is 0 Å². The van der Waals surface area contributed by atoms with Gasteiger partial charge in [0.25, 0.3) is 0 Å². The van der Waals surface area contributed by atoms with Gasteiger partial charge in [0, 0.05) is 9.35 Å². The van der Waals surface area contributed by atoms with Crippen molar-refractivity contribution in [3.05, 3.63) is 20.8 Å². The van der Waals surface area contributed by atoms with Gasteiger partial charge >= 0.3 is 0 Å². The Morgan fingerprint density at radius 1 is 1.62 bits per heavy atom. The van der Waals surface area contributed by atoms with E-state index in [1.807, 2.05) is 11.3 Å². The number of hydrogen-bond acceptors (Lipinski definition) is 2. The Morgan fingerprint density at radius 2 is 2.38 bits per heavy atom. The number of thiophene rings is 1. The molecule has 0 saturated carbocycles. The molecule has 3 heteroatoms. The molecule has 1 unspecified atom stereocenters. The molecule has 0 fully saturated rings. The zero-order valence-electron chi connectivity index (χ0n) is 7.92. The maximum atomic E-state index is 5.71. The van der Waals surface area contributed by atoms with E-state index < -0.39 is 0 Å². The van der Waals surface area contributed by atoms with Gasteiger partial charge in [-0.05, 0) is 52.7 Å². The lowest BCUT2D eigenvalue weighted by atomic mass is 9.99. The van der Waals surface area contributed by atoms with Gasteiger partial charge in [0.05, 0.1) is 0 Å². The molecule has 0 amide bonds. The lowest BCUT2D eigenvalue weighted by molar-refractivity contribution is 0.490. The van der Waals surface area contributed by atoms with Crippen molar-refractivity contribution in [3.8, 4) is 0 Å². The third-order valence-corrected chi connectivity index (χ3v) is 4.14.